The molecule has 7 heteroatoms. The Kier molecular flexibility index (Phi) is 5.33. The zero-order chi connectivity index (χ0) is 17.0. The molecule has 0 heterocycles. The molecule has 0 aromatic heterocycles. The van der Waals surface area contributed by atoms with E-state index in [9.17, 15) is 22.4 Å². The number of nitrogens with one attached hydrogen (secondary N) is 1. The maximum atomic E-state index is 13.4. The Hall–Kier alpha value is -2.41. The Morgan fingerprint density at radius 3 is 2.30 bits per heavy atom. The van der Waals surface area contributed by atoms with Crippen molar-refractivity contribution in [3.63, 3.8) is 0 Å². The van der Waals surface area contributed by atoms with Crippen LogP contribution >= 0.6 is 0 Å². The lowest BCUT2D eigenvalue weighted by atomic mass is 10.1. The van der Waals surface area contributed by atoms with E-state index in [2.05, 4.69) is 5.32 Å². The Labute approximate surface area is 130 Å². The molecule has 0 aliphatic heterocycles. The maximum absolute atomic E-state index is 13.4. The number of benzene rings is 2. The molecular weight excluding hydrogens is 312 g/mol. The molecule has 0 saturated heterocycles. The third-order valence-electron chi connectivity index (χ3n) is 3.35. The standard InChI is InChI=1S/C16H14F4N2O/c1-9(10-5-6-11(17)14(20)7-10)21-8-15(23)22-16-12(18)3-2-4-13(16)19/h2-7,9,21H,8H2,1H3,(H,22,23)/p+1/t9-/m0/s1. The highest BCUT2D eigenvalue weighted by Crippen LogP contribution is 2.17. The number of para-hydroxylation sites is 1. The number of carbonyl (C=O) groups is 1. The van der Waals surface area contributed by atoms with E-state index in [1.54, 1.807) is 12.2 Å². The average Bonchev–Trinajstić information content (AvgIpc) is 2.51. The first-order valence-electron chi connectivity index (χ1n) is 6.90. The highest BCUT2D eigenvalue weighted by molar-refractivity contribution is 5.91. The van der Waals surface area contributed by atoms with Gasteiger partial charge in [0, 0.05) is 5.56 Å². The van der Waals surface area contributed by atoms with Crippen LogP contribution in [-0.4, -0.2) is 12.5 Å². The van der Waals surface area contributed by atoms with Crippen molar-refractivity contribution in [1.82, 2.24) is 0 Å². The molecule has 0 aliphatic carbocycles. The molecule has 1 amide bonds. The van der Waals surface area contributed by atoms with E-state index in [0.29, 0.717) is 5.56 Å². The smallest absolute Gasteiger partial charge is 0.279 e. The van der Waals surface area contributed by atoms with E-state index in [1.165, 1.54) is 12.1 Å². The zero-order valence-corrected chi connectivity index (χ0v) is 12.2. The summed E-state index contributed by atoms with van der Waals surface area (Å²) in [6.07, 6.45) is 0. The number of anilines is 1. The largest absolute Gasteiger partial charge is 0.333 e. The lowest BCUT2D eigenvalue weighted by Crippen LogP contribution is -2.86. The molecule has 3 N–H and O–H groups in total. The van der Waals surface area contributed by atoms with Gasteiger partial charge in [0.05, 0.1) is 0 Å². The molecular formula is C16H15F4N2O+. The highest BCUT2D eigenvalue weighted by Gasteiger charge is 2.16. The van der Waals surface area contributed by atoms with E-state index < -0.39 is 34.9 Å². The second-order valence-electron chi connectivity index (χ2n) is 5.05. The van der Waals surface area contributed by atoms with Crippen molar-refractivity contribution in [3.05, 3.63) is 65.2 Å². The van der Waals surface area contributed by atoms with E-state index in [1.807, 2.05) is 0 Å². The predicted octanol–water partition coefficient (Wildman–Crippen LogP) is 2.51. The Morgan fingerprint density at radius 1 is 1.04 bits per heavy atom. The topological polar surface area (TPSA) is 45.7 Å². The van der Waals surface area contributed by atoms with Gasteiger partial charge in [0.2, 0.25) is 0 Å². The summed E-state index contributed by atoms with van der Waals surface area (Å²) >= 11 is 0. The fraction of sp³-hybridized carbons (Fsp3) is 0.188. The van der Waals surface area contributed by atoms with Gasteiger partial charge in [-0.3, -0.25) is 4.79 Å². The normalized spacial score (nSPS) is 12.0. The molecule has 2 rings (SSSR count). The minimum absolute atomic E-state index is 0.131. The number of quaternary nitrogens is 1. The summed E-state index contributed by atoms with van der Waals surface area (Å²) in [6, 6.07) is 6.39. The SMILES string of the molecule is C[C@H]([NH2+]CC(=O)Nc1c(F)cccc1F)c1ccc(F)c(F)c1. The predicted molar refractivity (Wildman–Crippen MR) is 76.6 cm³/mol. The minimum atomic E-state index is -0.972. The molecule has 3 nitrogen and oxygen atoms in total. The lowest BCUT2D eigenvalue weighted by molar-refractivity contribution is -0.682. The summed E-state index contributed by atoms with van der Waals surface area (Å²) in [5.74, 6) is -4.27. The number of nitrogens with two attached hydrogens (primary N) is 1. The summed E-state index contributed by atoms with van der Waals surface area (Å²) in [7, 11) is 0. The van der Waals surface area contributed by atoms with Gasteiger partial charge < -0.3 is 10.6 Å². The van der Waals surface area contributed by atoms with Crippen LogP contribution in [-0.2, 0) is 4.79 Å². The molecule has 0 unspecified atom stereocenters. The average molecular weight is 327 g/mol. The van der Waals surface area contributed by atoms with E-state index in [4.69, 9.17) is 0 Å². The van der Waals surface area contributed by atoms with Gasteiger partial charge >= 0.3 is 0 Å². The molecule has 0 bridgehead atoms. The van der Waals surface area contributed by atoms with Crippen LogP contribution in [0.4, 0.5) is 23.2 Å². The van der Waals surface area contributed by atoms with Gasteiger partial charge in [-0.05, 0) is 37.3 Å². The number of hydrogen-bond donors (Lipinski definition) is 2. The first-order valence-corrected chi connectivity index (χ1v) is 6.90. The zero-order valence-electron chi connectivity index (χ0n) is 12.2. The molecule has 2 aromatic carbocycles. The molecule has 23 heavy (non-hydrogen) atoms. The number of amides is 1. The van der Waals surface area contributed by atoms with Crippen molar-refractivity contribution in [2.45, 2.75) is 13.0 Å². The molecule has 0 saturated carbocycles. The van der Waals surface area contributed by atoms with Crippen molar-refractivity contribution in [1.29, 1.82) is 0 Å². The van der Waals surface area contributed by atoms with E-state index in [0.717, 1.165) is 24.3 Å². The van der Waals surface area contributed by atoms with Crippen LogP contribution in [0.3, 0.4) is 0 Å². The van der Waals surface area contributed by atoms with Crippen molar-refractivity contribution >= 4 is 11.6 Å². The highest BCUT2D eigenvalue weighted by atomic mass is 19.2. The molecule has 1 atom stereocenters. The Morgan fingerprint density at radius 2 is 1.70 bits per heavy atom. The Bertz CT molecular complexity index is 701. The molecule has 0 radical (unpaired) electrons. The maximum Gasteiger partial charge on any atom is 0.279 e. The number of rotatable bonds is 5. The summed E-state index contributed by atoms with van der Waals surface area (Å²) in [6.45, 7) is 1.57. The van der Waals surface area contributed by atoms with Crippen LogP contribution in [0.1, 0.15) is 18.5 Å². The first-order chi connectivity index (χ1) is 10.9. The van der Waals surface area contributed by atoms with E-state index >= 15 is 0 Å². The summed E-state index contributed by atoms with van der Waals surface area (Å²) in [5.41, 5.74) is -0.0137. The summed E-state index contributed by atoms with van der Waals surface area (Å²) in [4.78, 5) is 11.8. The molecule has 2 aromatic rings. The van der Waals surface area contributed by atoms with Crippen molar-refractivity contribution in [2.75, 3.05) is 11.9 Å². The second-order valence-corrected chi connectivity index (χ2v) is 5.05. The number of halogens is 4. The molecule has 122 valence electrons. The number of carbonyl (C=O) groups excluding carboxylic acids is 1. The third-order valence-corrected chi connectivity index (χ3v) is 3.35. The van der Waals surface area contributed by atoms with Crippen molar-refractivity contribution in [2.24, 2.45) is 0 Å². The van der Waals surface area contributed by atoms with Crippen LogP contribution in [0.25, 0.3) is 0 Å². The summed E-state index contributed by atoms with van der Waals surface area (Å²) in [5, 5.41) is 3.69. The van der Waals surface area contributed by atoms with Crippen LogP contribution in [0.2, 0.25) is 0 Å². The Balaban J connectivity index is 1.95. The van der Waals surface area contributed by atoms with Gasteiger partial charge in [0.25, 0.3) is 5.91 Å². The van der Waals surface area contributed by atoms with Gasteiger partial charge in [0.1, 0.15) is 23.4 Å². The van der Waals surface area contributed by atoms with Crippen LogP contribution in [0.5, 0.6) is 0 Å². The van der Waals surface area contributed by atoms with Gasteiger partial charge in [-0.25, -0.2) is 17.6 Å². The fourth-order valence-electron chi connectivity index (χ4n) is 2.02. The van der Waals surface area contributed by atoms with Crippen LogP contribution in [0, 0.1) is 23.3 Å². The van der Waals surface area contributed by atoms with E-state index in [-0.39, 0.29) is 12.6 Å². The van der Waals surface area contributed by atoms with Crippen LogP contribution in [0.15, 0.2) is 36.4 Å². The fourth-order valence-corrected chi connectivity index (χ4v) is 2.02. The number of hydrogen-bond acceptors (Lipinski definition) is 1. The lowest BCUT2D eigenvalue weighted by Gasteiger charge is -2.12. The second kappa shape index (κ2) is 7.23. The third kappa shape index (κ3) is 4.29. The van der Waals surface area contributed by atoms with Crippen molar-refractivity contribution < 1.29 is 27.7 Å². The molecule has 0 aliphatic rings. The van der Waals surface area contributed by atoms with Gasteiger partial charge in [0.15, 0.2) is 18.2 Å². The summed E-state index contributed by atoms with van der Waals surface area (Å²) < 4.78 is 52.9. The molecule has 0 spiro atoms. The van der Waals surface area contributed by atoms with Crippen molar-refractivity contribution in [3.8, 4) is 0 Å². The quantitative estimate of drug-likeness (QED) is 0.815. The van der Waals surface area contributed by atoms with Gasteiger partial charge in [-0.1, -0.05) is 6.07 Å². The van der Waals surface area contributed by atoms with Gasteiger partial charge in [-0.15, -0.1) is 0 Å². The van der Waals surface area contributed by atoms with Crippen LogP contribution < -0.4 is 10.6 Å². The molecule has 0 fully saturated rings. The minimum Gasteiger partial charge on any atom is -0.333 e. The van der Waals surface area contributed by atoms with Gasteiger partial charge in [-0.2, -0.15) is 0 Å². The first kappa shape index (κ1) is 17.0. The monoisotopic (exact) mass is 327 g/mol.